The van der Waals surface area contributed by atoms with Gasteiger partial charge in [-0.1, -0.05) is 46.5 Å². The van der Waals surface area contributed by atoms with Crippen LogP contribution in [-0.4, -0.2) is 66.5 Å². The van der Waals surface area contributed by atoms with Gasteiger partial charge in [0.05, 0.1) is 22.2 Å². The summed E-state index contributed by atoms with van der Waals surface area (Å²) in [6.45, 7) is 6.34. The number of ether oxygens (including phenoxy) is 1. The molecule has 35 heavy (non-hydrogen) atoms. The largest absolute Gasteiger partial charge is 0.367 e. The molecule has 1 saturated carbocycles. The summed E-state index contributed by atoms with van der Waals surface area (Å²) in [7, 11) is 0. The van der Waals surface area contributed by atoms with Gasteiger partial charge in [-0.05, 0) is 69.0 Å². The van der Waals surface area contributed by atoms with Crippen LogP contribution in [0.25, 0.3) is 0 Å². The molecule has 186 valence electrons. The number of hydrogen-bond donors (Lipinski definition) is 1. The van der Waals surface area contributed by atoms with E-state index in [0.717, 1.165) is 36.1 Å². The van der Waals surface area contributed by atoms with Gasteiger partial charge in [0, 0.05) is 31.2 Å². The van der Waals surface area contributed by atoms with Crippen molar-refractivity contribution in [2.24, 2.45) is 5.92 Å². The van der Waals surface area contributed by atoms with Crippen molar-refractivity contribution < 1.29 is 14.3 Å². The van der Waals surface area contributed by atoms with E-state index in [9.17, 15) is 9.59 Å². The van der Waals surface area contributed by atoms with Gasteiger partial charge in [0.25, 0.3) is 5.91 Å². The highest BCUT2D eigenvalue weighted by atomic mass is 35.5. The molecule has 4 atom stereocenters. The van der Waals surface area contributed by atoms with Crippen LogP contribution in [0, 0.1) is 19.8 Å². The molecule has 1 aliphatic carbocycles. The van der Waals surface area contributed by atoms with E-state index in [0.29, 0.717) is 47.2 Å². The molecule has 6 nitrogen and oxygen atoms in total. The van der Waals surface area contributed by atoms with Crippen molar-refractivity contribution >= 4 is 35.0 Å². The van der Waals surface area contributed by atoms with Crippen molar-refractivity contribution in [3.8, 4) is 0 Å². The second-order valence-electron chi connectivity index (χ2n) is 10.1. The first-order valence-corrected chi connectivity index (χ1v) is 13.0. The number of halogens is 2. The lowest BCUT2D eigenvalue weighted by Crippen LogP contribution is -2.53. The fourth-order valence-electron chi connectivity index (χ4n) is 5.80. The first-order valence-electron chi connectivity index (χ1n) is 12.3. The monoisotopic (exact) mass is 515 g/mol. The van der Waals surface area contributed by atoms with Gasteiger partial charge in [0.2, 0.25) is 5.91 Å². The summed E-state index contributed by atoms with van der Waals surface area (Å²) in [5.74, 6) is 0.560. The van der Waals surface area contributed by atoms with Crippen LogP contribution in [-0.2, 0) is 9.53 Å². The summed E-state index contributed by atoms with van der Waals surface area (Å²) in [6, 6.07) is 11.3. The summed E-state index contributed by atoms with van der Waals surface area (Å²) < 4.78 is 6.07. The number of aryl methyl sites for hydroxylation is 2. The maximum atomic E-state index is 13.4. The number of benzene rings is 2. The average molecular weight is 516 g/mol. The third-order valence-corrected chi connectivity index (χ3v) is 8.22. The van der Waals surface area contributed by atoms with Gasteiger partial charge in [-0.25, -0.2) is 0 Å². The summed E-state index contributed by atoms with van der Waals surface area (Å²) in [6.07, 6.45) is 2.23. The molecule has 1 N–H and O–H groups in total. The first kappa shape index (κ1) is 24.6. The highest BCUT2D eigenvalue weighted by molar-refractivity contribution is 6.42. The summed E-state index contributed by atoms with van der Waals surface area (Å²) >= 11 is 12.5. The zero-order valence-electron chi connectivity index (χ0n) is 20.1. The zero-order chi connectivity index (χ0) is 24.7. The van der Waals surface area contributed by atoms with Gasteiger partial charge in [0.15, 0.2) is 0 Å². The van der Waals surface area contributed by atoms with Gasteiger partial charge >= 0.3 is 0 Å². The van der Waals surface area contributed by atoms with E-state index in [2.05, 4.69) is 11.4 Å². The molecule has 2 bridgehead atoms. The molecule has 8 heteroatoms. The standard InChI is InChI=1S/C27H31Cl2N3O3/c1-16-7-17(2)9-20(8-16)27(34)31-5-6-32(24(14-31)19-3-4-21(28)22(29)12-19)26(33)15-35-25-11-18-10-23(25)30-13-18/h3-4,7-9,12,18,23-25,30H,5-6,10-11,13-15H2,1-2H3/t18?,23?,24-,25?/m0/s1. The fraction of sp³-hybridized carbons (Fsp3) is 0.481. The van der Waals surface area contributed by atoms with Gasteiger partial charge in [-0.15, -0.1) is 0 Å². The molecule has 2 amide bonds. The lowest BCUT2D eigenvalue weighted by Gasteiger charge is -2.42. The summed E-state index contributed by atoms with van der Waals surface area (Å²) in [5, 5.41) is 4.36. The third kappa shape index (κ3) is 5.21. The van der Waals surface area contributed by atoms with Gasteiger partial charge in [0.1, 0.15) is 6.61 Å². The molecule has 2 aromatic rings. The Bertz CT molecular complexity index is 1120. The van der Waals surface area contributed by atoms with E-state index in [1.807, 2.05) is 41.8 Å². The second-order valence-corrected chi connectivity index (χ2v) is 10.9. The normalized spacial score (nSPS) is 25.8. The van der Waals surface area contributed by atoms with Crippen molar-refractivity contribution in [2.75, 3.05) is 32.8 Å². The van der Waals surface area contributed by atoms with Crippen LogP contribution in [0.4, 0.5) is 0 Å². The number of carbonyl (C=O) groups excluding carboxylic acids is 2. The van der Waals surface area contributed by atoms with Crippen molar-refractivity contribution in [1.82, 2.24) is 15.1 Å². The van der Waals surface area contributed by atoms with E-state index in [1.54, 1.807) is 12.1 Å². The number of nitrogens with zero attached hydrogens (tertiary/aromatic N) is 2. The highest BCUT2D eigenvalue weighted by Gasteiger charge is 2.41. The average Bonchev–Trinajstić information content (AvgIpc) is 3.46. The molecule has 2 aromatic carbocycles. The minimum atomic E-state index is -0.331. The Labute approximate surface area is 216 Å². The van der Waals surface area contributed by atoms with Crippen LogP contribution in [0.2, 0.25) is 10.0 Å². The number of piperidine rings is 1. The Kier molecular flexibility index (Phi) is 7.09. The van der Waals surface area contributed by atoms with Gasteiger partial charge in [-0.3, -0.25) is 9.59 Å². The number of rotatable bonds is 5. The third-order valence-electron chi connectivity index (χ3n) is 7.48. The van der Waals surface area contributed by atoms with Crippen molar-refractivity contribution in [1.29, 1.82) is 0 Å². The Hall–Kier alpha value is -2.12. The number of amides is 2. The fourth-order valence-corrected chi connectivity index (χ4v) is 6.10. The molecular weight excluding hydrogens is 485 g/mol. The second kappa shape index (κ2) is 10.1. The van der Waals surface area contributed by atoms with Crippen LogP contribution in [0.15, 0.2) is 36.4 Å². The molecule has 3 aliphatic rings. The van der Waals surface area contributed by atoms with E-state index in [4.69, 9.17) is 27.9 Å². The first-order chi connectivity index (χ1) is 16.8. The highest BCUT2D eigenvalue weighted by Crippen LogP contribution is 2.34. The Morgan fingerprint density at radius 2 is 1.80 bits per heavy atom. The van der Waals surface area contributed by atoms with E-state index >= 15 is 0 Å². The topological polar surface area (TPSA) is 61.9 Å². The molecule has 2 heterocycles. The van der Waals surface area contributed by atoms with E-state index in [-0.39, 0.29) is 30.6 Å². The Morgan fingerprint density at radius 1 is 1.03 bits per heavy atom. The Morgan fingerprint density at radius 3 is 2.46 bits per heavy atom. The van der Waals surface area contributed by atoms with Crippen LogP contribution < -0.4 is 5.32 Å². The minimum absolute atomic E-state index is 0.0294. The molecule has 3 unspecified atom stereocenters. The van der Waals surface area contributed by atoms with E-state index < -0.39 is 0 Å². The zero-order valence-corrected chi connectivity index (χ0v) is 21.6. The van der Waals surface area contributed by atoms with Crippen LogP contribution >= 0.6 is 23.2 Å². The quantitative estimate of drug-likeness (QED) is 0.640. The summed E-state index contributed by atoms with van der Waals surface area (Å²) in [5.41, 5.74) is 3.63. The van der Waals surface area contributed by atoms with Crippen molar-refractivity contribution in [3.05, 3.63) is 68.7 Å². The maximum absolute atomic E-state index is 13.4. The lowest BCUT2D eigenvalue weighted by molar-refractivity contribution is -0.143. The number of fused-ring (bicyclic) bond motifs is 2. The van der Waals surface area contributed by atoms with Crippen LogP contribution in [0.1, 0.15) is 45.9 Å². The molecule has 5 rings (SSSR count). The van der Waals surface area contributed by atoms with Crippen LogP contribution in [0.5, 0.6) is 0 Å². The number of carbonyl (C=O) groups is 2. The molecule has 0 radical (unpaired) electrons. The molecule has 0 aromatic heterocycles. The SMILES string of the molecule is Cc1cc(C)cc(C(=O)N2CCN(C(=O)COC3CC4CNC3C4)[C@H](c3ccc(Cl)c(Cl)c3)C2)c1. The van der Waals surface area contributed by atoms with Crippen molar-refractivity contribution in [2.45, 2.75) is 44.9 Å². The Balaban J connectivity index is 1.34. The predicted octanol–water partition coefficient (Wildman–Crippen LogP) is 4.40. The van der Waals surface area contributed by atoms with Crippen molar-refractivity contribution in [3.63, 3.8) is 0 Å². The van der Waals surface area contributed by atoms with E-state index in [1.165, 1.54) is 0 Å². The minimum Gasteiger partial charge on any atom is -0.367 e. The predicted molar refractivity (Wildman–Crippen MR) is 137 cm³/mol. The molecular formula is C27H31Cl2N3O3. The number of hydrogen-bond acceptors (Lipinski definition) is 4. The lowest BCUT2D eigenvalue weighted by atomic mass is 10.0. The molecule has 3 fully saturated rings. The van der Waals surface area contributed by atoms with Gasteiger partial charge < -0.3 is 19.9 Å². The molecule has 2 saturated heterocycles. The number of piperazine rings is 1. The molecule has 0 spiro atoms. The summed E-state index contributed by atoms with van der Waals surface area (Å²) in [4.78, 5) is 30.4. The van der Waals surface area contributed by atoms with Crippen LogP contribution in [0.3, 0.4) is 0 Å². The maximum Gasteiger partial charge on any atom is 0.254 e. The smallest absolute Gasteiger partial charge is 0.254 e. The van der Waals surface area contributed by atoms with Gasteiger partial charge in [-0.2, -0.15) is 0 Å². The molecule has 2 aliphatic heterocycles. The number of nitrogens with one attached hydrogen (secondary N) is 1.